The van der Waals surface area contributed by atoms with E-state index in [1.54, 1.807) is 0 Å². The van der Waals surface area contributed by atoms with Gasteiger partial charge < -0.3 is 10.1 Å². The van der Waals surface area contributed by atoms with Gasteiger partial charge in [0, 0.05) is 16.1 Å². The summed E-state index contributed by atoms with van der Waals surface area (Å²) in [6.45, 7) is 1.98. The molecule has 21 heavy (non-hydrogen) atoms. The van der Waals surface area contributed by atoms with Gasteiger partial charge in [-0.1, -0.05) is 15.9 Å². The van der Waals surface area contributed by atoms with Crippen molar-refractivity contribution in [1.29, 1.82) is 0 Å². The standard InChI is InChI=1S/C16H16BrNO3/c1-7-4-9(2-3-11(7)17)18-15(19)13-8-5-10-12(6-8)21-16(20)14(10)13/h2-4,8,10,12-14H,5-6H2,1H3,(H,18,19)/t8-,10+,12+,13-,14+/m1/s1. The highest BCUT2D eigenvalue weighted by Crippen LogP contribution is 2.57. The number of nitrogens with one attached hydrogen (secondary N) is 1. The summed E-state index contributed by atoms with van der Waals surface area (Å²) in [6, 6.07) is 5.73. The fourth-order valence-electron chi connectivity index (χ4n) is 4.31. The minimum atomic E-state index is -0.217. The third-order valence-corrected chi connectivity index (χ3v) is 6.10. The summed E-state index contributed by atoms with van der Waals surface area (Å²) in [7, 11) is 0. The topological polar surface area (TPSA) is 55.4 Å². The summed E-state index contributed by atoms with van der Waals surface area (Å²) in [5.74, 6) is -0.0722. The molecule has 0 unspecified atom stereocenters. The summed E-state index contributed by atoms with van der Waals surface area (Å²) in [5.41, 5.74) is 1.85. The number of ether oxygens (including phenoxy) is 1. The van der Waals surface area contributed by atoms with Crippen molar-refractivity contribution in [2.45, 2.75) is 25.9 Å². The highest BCUT2D eigenvalue weighted by atomic mass is 79.9. The van der Waals surface area contributed by atoms with Crippen molar-refractivity contribution in [3.63, 3.8) is 0 Å². The number of aryl methyl sites for hydroxylation is 1. The maximum Gasteiger partial charge on any atom is 0.310 e. The second kappa shape index (κ2) is 4.57. The third kappa shape index (κ3) is 1.94. The molecule has 1 aliphatic heterocycles. The monoisotopic (exact) mass is 349 g/mol. The Hall–Kier alpha value is -1.36. The number of fused-ring (bicyclic) bond motifs is 1. The summed E-state index contributed by atoms with van der Waals surface area (Å²) in [6.07, 6.45) is 1.88. The molecule has 110 valence electrons. The van der Waals surface area contributed by atoms with Gasteiger partial charge in [0.25, 0.3) is 0 Å². The lowest BCUT2D eigenvalue weighted by atomic mass is 9.79. The Labute approximate surface area is 131 Å². The smallest absolute Gasteiger partial charge is 0.310 e. The van der Waals surface area contributed by atoms with E-state index in [9.17, 15) is 9.59 Å². The average molecular weight is 350 g/mol. The van der Waals surface area contributed by atoms with Gasteiger partial charge in [0.2, 0.25) is 5.91 Å². The highest BCUT2D eigenvalue weighted by Gasteiger charge is 2.63. The van der Waals surface area contributed by atoms with Gasteiger partial charge in [0.15, 0.2) is 0 Å². The lowest BCUT2D eigenvalue weighted by Gasteiger charge is -2.23. The number of carbonyl (C=O) groups is 2. The van der Waals surface area contributed by atoms with Crippen LogP contribution in [0.1, 0.15) is 18.4 Å². The van der Waals surface area contributed by atoms with Crippen LogP contribution in [-0.4, -0.2) is 18.0 Å². The molecule has 2 bridgehead atoms. The van der Waals surface area contributed by atoms with Gasteiger partial charge in [-0.3, -0.25) is 9.59 Å². The molecule has 2 aliphatic carbocycles. The Balaban J connectivity index is 1.55. The summed E-state index contributed by atoms with van der Waals surface area (Å²) in [4.78, 5) is 24.6. The van der Waals surface area contributed by atoms with E-state index in [-0.39, 0.29) is 35.7 Å². The first kappa shape index (κ1) is 13.3. The van der Waals surface area contributed by atoms with Gasteiger partial charge in [-0.2, -0.15) is 0 Å². The van der Waals surface area contributed by atoms with E-state index in [1.807, 2.05) is 25.1 Å². The Kier molecular flexibility index (Phi) is 2.89. The van der Waals surface area contributed by atoms with Crippen LogP contribution >= 0.6 is 15.9 Å². The second-order valence-electron chi connectivity index (χ2n) is 6.38. The summed E-state index contributed by atoms with van der Waals surface area (Å²) >= 11 is 3.45. The van der Waals surface area contributed by atoms with Gasteiger partial charge in [-0.05, 0) is 49.4 Å². The summed E-state index contributed by atoms with van der Waals surface area (Å²) in [5, 5.41) is 2.97. The molecule has 1 saturated heterocycles. The van der Waals surface area contributed by atoms with E-state index in [4.69, 9.17) is 4.74 Å². The van der Waals surface area contributed by atoms with Crippen molar-refractivity contribution < 1.29 is 14.3 Å². The van der Waals surface area contributed by atoms with Crippen molar-refractivity contribution in [1.82, 2.24) is 0 Å². The van der Waals surface area contributed by atoms with Crippen LogP contribution in [0.3, 0.4) is 0 Å². The number of halogens is 1. The zero-order valence-electron chi connectivity index (χ0n) is 11.6. The molecule has 5 heteroatoms. The van der Waals surface area contributed by atoms with E-state index in [2.05, 4.69) is 21.2 Å². The molecule has 0 spiro atoms. The molecule has 4 rings (SSSR count). The summed E-state index contributed by atoms with van der Waals surface area (Å²) < 4.78 is 6.40. The molecule has 1 aromatic rings. The number of benzene rings is 1. The number of rotatable bonds is 2. The molecule has 4 nitrogen and oxygen atoms in total. The molecular weight excluding hydrogens is 334 g/mol. The van der Waals surface area contributed by atoms with E-state index in [1.165, 1.54) is 0 Å². The van der Waals surface area contributed by atoms with Crippen molar-refractivity contribution in [3.05, 3.63) is 28.2 Å². The van der Waals surface area contributed by atoms with Crippen LogP contribution in [0.2, 0.25) is 0 Å². The van der Waals surface area contributed by atoms with E-state index in [0.717, 1.165) is 28.6 Å². The largest absolute Gasteiger partial charge is 0.462 e. The van der Waals surface area contributed by atoms with E-state index < -0.39 is 0 Å². The van der Waals surface area contributed by atoms with Crippen molar-refractivity contribution in [2.24, 2.45) is 23.7 Å². The molecular formula is C16H16BrNO3. The van der Waals surface area contributed by atoms with Crippen molar-refractivity contribution in [2.75, 3.05) is 5.32 Å². The van der Waals surface area contributed by atoms with Crippen LogP contribution in [-0.2, 0) is 14.3 Å². The van der Waals surface area contributed by atoms with Crippen LogP contribution < -0.4 is 5.32 Å². The Morgan fingerprint density at radius 2 is 2.19 bits per heavy atom. The van der Waals surface area contributed by atoms with Gasteiger partial charge >= 0.3 is 5.97 Å². The molecule has 1 N–H and O–H groups in total. The normalized spacial score (nSPS) is 35.9. The molecule has 1 amide bonds. The lowest BCUT2D eigenvalue weighted by Crippen LogP contribution is -2.35. The molecule has 3 aliphatic rings. The molecule has 0 aromatic heterocycles. The first-order chi connectivity index (χ1) is 10.0. The SMILES string of the molecule is Cc1cc(NC(=O)[C@@H]2[C@@H]3C[C@@H]4[C@@H]2C(=O)O[C@H]4C3)ccc1Br. The molecule has 5 atom stereocenters. The highest BCUT2D eigenvalue weighted by molar-refractivity contribution is 9.10. The van der Waals surface area contributed by atoms with E-state index >= 15 is 0 Å². The minimum absolute atomic E-state index is 0.0356. The Morgan fingerprint density at radius 1 is 1.38 bits per heavy atom. The molecule has 0 radical (unpaired) electrons. The fraction of sp³-hybridized carbons (Fsp3) is 0.500. The number of anilines is 1. The van der Waals surface area contributed by atoms with Crippen LogP contribution in [0.25, 0.3) is 0 Å². The minimum Gasteiger partial charge on any atom is -0.462 e. The maximum absolute atomic E-state index is 12.6. The molecule has 1 aromatic carbocycles. The predicted octanol–water partition coefficient (Wildman–Crippen LogP) is 2.89. The Morgan fingerprint density at radius 3 is 2.95 bits per heavy atom. The predicted molar refractivity (Wildman–Crippen MR) is 80.6 cm³/mol. The van der Waals surface area contributed by atoms with Crippen molar-refractivity contribution in [3.8, 4) is 0 Å². The van der Waals surface area contributed by atoms with Crippen molar-refractivity contribution >= 4 is 33.5 Å². The zero-order chi connectivity index (χ0) is 14.7. The van der Waals surface area contributed by atoms with Gasteiger partial charge in [0.05, 0.1) is 11.8 Å². The first-order valence-electron chi connectivity index (χ1n) is 7.32. The quantitative estimate of drug-likeness (QED) is 0.835. The second-order valence-corrected chi connectivity index (χ2v) is 7.23. The number of hydrogen-bond donors (Lipinski definition) is 1. The number of hydrogen-bond acceptors (Lipinski definition) is 3. The van der Waals surface area contributed by atoms with E-state index in [0.29, 0.717) is 5.92 Å². The third-order valence-electron chi connectivity index (χ3n) is 5.21. The lowest BCUT2D eigenvalue weighted by molar-refractivity contribution is -0.145. The molecule has 3 fully saturated rings. The Bertz CT molecular complexity index is 642. The maximum atomic E-state index is 12.6. The first-order valence-corrected chi connectivity index (χ1v) is 8.11. The number of esters is 1. The van der Waals surface area contributed by atoms with Crippen LogP contribution in [0, 0.1) is 30.6 Å². The van der Waals surface area contributed by atoms with Gasteiger partial charge in [-0.15, -0.1) is 0 Å². The zero-order valence-corrected chi connectivity index (χ0v) is 13.2. The fourth-order valence-corrected chi connectivity index (χ4v) is 4.56. The number of amides is 1. The molecule has 2 saturated carbocycles. The van der Waals surface area contributed by atoms with Crippen LogP contribution in [0.4, 0.5) is 5.69 Å². The van der Waals surface area contributed by atoms with Gasteiger partial charge in [0.1, 0.15) is 6.10 Å². The molecule has 1 heterocycles. The number of carbonyl (C=O) groups excluding carboxylic acids is 2. The van der Waals surface area contributed by atoms with Crippen LogP contribution in [0.5, 0.6) is 0 Å². The van der Waals surface area contributed by atoms with Gasteiger partial charge in [-0.25, -0.2) is 0 Å². The van der Waals surface area contributed by atoms with Crippen LogP contribution in [0.15, 0.2) is 22.7 Å². The average Bonchev–Trinajstić information content (AvgIpc) is 3.04.